The maximum absolute atomic E-state index is 12.1. The number of halogens is 1. The average Bonchev–Trinajstić information content (AvgIpc) is 2.41. The number of anilines is 1. The molecule has 0 saturated heterocycles. The zero-order chi connectivity index (χ0) is 15.6. The Morgan fingerprint density at radius 1 is 1.29 bits per heavy atom. The number of hydrogen-bond donors (Lipinski definition) is 1. The summed E-state index contributed by atoms with van der Waals surface area (Å²) < 4.78 is 26.4. The topological polar surface area (TPSA) is 115 Å². The Labute approximate surface area is 125 Å². The number of hydrogen-bond acceptors (Lipinski definition) is 6. The summed E-state index contributed by atoms with van der Waals surface area (Å²) in [5.74, 6) is -0.0392. The van der Waals surface area contributed by atoms with Gasteiger partial charge in [0.2, 0.25) is 0 Å². The predicted octanol–water partition coefficient (Wildman–Crippen LogP) is 2.15. The predicted molar refractivity (Wildman–Crippen MR) is 75.7 cm³/mol. The summed E-state index contributed by atoms with van der Waals surface area (Å²) in [6.07, 6.45) is 2.32. The van der Waals surface area contributed by atoms with Gasteiger partial charge in [0.05, 0.1) is 22.2 Å². The number of aryl methyl sites for hydroxylation is 1. The van der Waals surface area contributed by atoms with Crippen molar-refractivity contribution < 1.29 is 13.3 Å². The molecular formula is C11H9ClN4O4S. The highest BCUT2D eigenvalue weighted by molar-refractivity contribution is 7.92. The molecule has 10 heteroatoms. The molecule has 0 fully saturated rings. The number of nitrogens with zero attached hydrogens (tertiary/aromatic N) is 3. The van der Waals surface area contributed by atoms with Crippen molar-refractivity contribution in [3.8, 4) is 0 Å². The summed E-state index contributed by atoms with van der Waals surface area (Å²) in [6, 6.07) is 3.62. The SMILES string of the molecule is Cc1ccc(S(=O)(=O)Nc2cnc(Cl)cn2)cc1[N+](=O)[O-]. The van der Waals surface area contributed by atoms with Gasteiger partial charge in [-0.2, -0.15) is 0 Å². The van der Waals surface area contributed by atoms with E-state index in [-0.39, 0.29) is 21.6 Å². The standard InChI is InChI=1S/C11H9ClN4O4S/c1-7-2-3-8(4-9(7)16(17)18)21(19,20)15-11-6-13-10(12)5-14-11/h2-6H,1H3,(H,14,15). The zero-order valence-corrected chi connectivity index (χ0v) is 12.2. The molecule has 0 amide bonds. The van der Waals surface area contributed by atoms with Gasteiger partial charge >= 0.3 is 0 Å². The van der Waals surface area contributed by atoms with E-state index < -0.39 is 14.9 Å². The lowest BCUT2D eigenvalue weighted by atomic mass is 10.2. The summed E-state index contributed by atoms with van der Waals surface area (Å²) in [7, 11) is -4.00. The number of benzene rings is 1. The van der Waals surface area contributed by atoms with Crippen LogP contribution in [0.25, 0.3) is 0 Å². The average molecular weight is 329 g/mol. The fraction of sp³-hybridized carbons (Fsp3) is 0.0909. The third-order valence-corrected chi connectivity index (χ3v) is 4.09. The fourth-order valence-electron chi connectivity index (χ4n) is 1.51. The molecular weight excluding hydrogens is 320 g/mol. The molecule has 21 heavy (non-hydrogen) atoms. The van der Waals surface area contributed by atoms with Crippen molar-refractivity contribution >= 4 is 33.1 Å². The van der Waals surface area contributed by atoms with Gasteiger partial charge in [0, 0.05) is 11.6 Å². The van der Waals surface area contributed by atoms with Gasteiger partial charge in [0.15, 0.2) is 5.82 Å². The molecule has 1 aromatic heterocycles. The molecule has 1 aromatic carbocycles. The Bertz CT molecular complexity index is 792. The molecule has 0 aliphatic heterocycles. The van der Waals surface area contributed by atoms with Crippen LogP contribution in [0.2, 0.25) is 5.15 Å². The van der Waals surface area contributed by atoms with Gasteiger partial charge in [-0.1, -0.05) is 17.7 Å². The smallest absolute Gasteiger partial charge is 0.262 e. The molecule has 0 spiro atoms. The van der Waals surface area contributed by atoms with Crippen LogP contribution < -0.4 is 4.72 Å². The Morgan fingerprint density at radius 2 is 2.00 bits per heavy atom. The lowest BCUT2D eigenvalue weighted by Gasteiger charge is -2.07. The Balaban J connectivity index is 2.38. The summed E-state index contributed by atoms with van der Waals surface area (Å²) in [5.41, 5.74) is 0.0882. The van der Waals surface area contributed by atoms with Crippen LogP contribution >= 0.6 is 11.6 Å². The number of nitrogens with one attached hydrogen (secondary N) is 1. The number of aromatic nitrogens is 2. The summed E-state index contributed by atoms with van der Waals surface area (Å²) >= 11 is 5.55. The molecule has 1 heterocycles. The van der Waals surface area contributed by atoms with Crippen LogP contribution in [0.4, 0.5) is 11.5 Å². The van der Waals surface area contributed by atoms with Gasteiger partial charge in [-0.05, 0) is 13.0 Å². The van der Waals surface area contributed by atoms with Crippen LogP contribution in [-0.4, -0.2) is 23.3 Å². The number of nitro groups is 1. The quantitative estimate of drug-likeness (QED) is 0.679. The lowest BCUT2D eigenvalue weighted by molar-refractivity contribution is -0.385. The number of rotatable bonds is 4. The first-order valence-electron chi connectivity index (χ1n) is 5.55. The van der Waals surface area contributed by atoms with Crippen molar-refractivity contribution in [1.29, 1.82) is 0 Å². The molecule has 1 N–H and O–H groups in total. The van der Waals surface area contributed by atoms with Crippen molar-refractivity contribution in [3.63, 3.8) is 0 Å². The molecule has 0 radical (unpaired) electrons. The van der Waals surface area contributed by atoms with E-state index in [1.807, 2.05) is 0 Å². The highest BCUT2D eigenvalue weighted by atomic mass is 35.5. The third kappa shape index (κ3) is 3.44. The van der Waals surface area contributed by atoms with Crippen LogP contribution in [0.5, 0.6) is 0 Å². The highest BCUT2D eigenvalue weighted by Gasteiger charge is 2.20. The van der Waals surface area contributed by atoms with Crippen molar-refractivity contribution in [2.24, 2.45) is 0 Å². The minimum absolute atomic E-state index is 0.0392. The van der Waals surface area contributed by atoms with E-state index in [1.54, 1.807) is 0 Å². The van der Waals surface area contributed by atoms with E-state index in [0.29, 0.717) is 5.56 Å². The third-order valence-electron chi connectivity index (χ3n) is 2.55. The first kappa shape index (κ1) is 15.1. The zero-order valence-electron chi connectivity index (χ0n) is 10.6. The molecule has 2 rings (SSSR count). The van der Waals surface area contributed by atoms with E-state index in [4.69, 9.17) is 11.6 Å². The van der Waals surface area contributed by atoms with Crippen molar-refractivity contribution in [3.05, 3.63) is 51.4 Å². The normalized spacial score (nSPS) is 11.1. The molecule has 0 aliphatic rings. The maximum Gasteiger partial charge on any atom is 0.273 e. The van der Waals surface area contributed by atoms with E-state index >= 15 is 0 Å². The number of sulfonamides is 1. The van der Waals surface area contributed by atoms with Crippen LogP contribution in [0.15, 0.2) is 35.5 Å². The van der Waals surface area contributed by atoms with Crippen molar-refractivity contribution in [2.45, 2.75) is 11.8 Å². The van der Waals surface area contributed by atoms with Gasteiger partial charge in [0.25, 0.3) is 15.7 Å². The Kier molecular flexibility index (Phi) is 4.05. The van der Waals surface area contributed by atoms with Crippen LogP contribution in [-0.2, 0) is 10.0 Å². The van der Waals surface area contributed by atoms with Gasteiger partial charge in [-0.15, -0.1) is 0 Å². The first-order valence-corrected chi connectivity index (χ1v) is 7.41. The highest BCUT2D eigenvalue weighted by Crippen LogP contribution is 2.23. The largest absolute Gasteiger partial charge is 0.273 e. The minimum atomic E-state index is -4.00. The molecule has 0 aliphatic carbocycles. The second-order valence-electron chi connectivity index (χ2n) is 4.04. The molecule has 0 saturated carbocycles. The van der Waals surface area contributed by atoms with Gasteiger partial charge in [0.1, 0.15) is 5.15 Å². The van der Waals surface area contributed by atoms with E-state index in [1.165, 1.54) is 25.3 Å². The summed E-state index contributed by atoms with van der Waals surface area (Å²) in [4.78, 5) is 17.4. The Morgan fingerprint density at radius 3 is 2.57 bits per heavy atom. The van der Waals surface area contributed by atoms with Gasteiger partial charge in [-0.25, -0.2) is 18.4 Å². The monoisotopic (exact) mass is 328 g/mol. The molecule has 110 valence electrons. The Hall–Kier alpha value is -2.26. The van der Waals surface area contributed by atoms with Gasteiger partial charge < -0.3 is 0 Å². The van der Waals surface area contributed by atoms with Crippen molar-refractivity contribution in [2.75, 3.05) is 4.72 Å². The van der Waals surface area contributed by atoms with Crippen LogP contribution in [0.3, 0.4) is 0 Å². The van der Waals surface area contributed by atoms with Crippen LogP contribution in [0, 0.1) is 17.0 Å². The number of nitro benzene ring substituents is 1. The molecule has 8 nitrogen and oxygen atoms in total. The van der Waals surface area contributed by atoms with Crippen molar-refractivity contribution in [1.82, 2.24) is 9.97 Å². The molecule has 0 unspecified atom stereocenters. The molecule has 0 bridgehead atoms. The lowest BCUT2D eigenvalue weighted by Crippen LogP contribution is -2.14. The molecule has 2 aromatic rings. The van der Waals surface area contributed by atoms with Crippen LogP contribution in [0.1, 0.15) is 5.56 Å². The first-order chi connectivity index (χ1) is 9.79. The summed E-state index contributed by atoms with van der Waals surface area (Å²) in [6.45, 7) is 1.52. The second-order valence-corrected chi connectivity index (χ2v) is 6.10. The van der Waals surface area contributed by atoms with E-state index in [9.17, 15) is 18.5 Å². The molecule has 0 atom stereocenters. The summed E-state index contributed by atoms with van der Waals surface area (Å²) in [5, 5.41) is 11.0. The van der Waals surface area contributed by atoms with E-state index in [0.717, 1.165) is 12.3 Å². The van der Waals surface area contributed by atoms with E-state index in [2.05, 4.69) is 14.7 Å². The van der Waals surface area contributed by atoms with Gasteiger partial charge in [-0.3, -0.25) is 14.8 Å². The fourth-order valence-corrected chi connectivity index (χ4v) is 2.62. The minimum Gasteiger partial charge on any atom is -0.262 e. The maximum atomic E-state index is 12.1. The second kappa shape index (κ2) is 5.62.